The summed E-state index contributed by atoms with van der Waals surface area (Å²) in [5.41, 5.74) is 3.39. The van der Waals surface area contributed by atoms with Crippen LogP contribution in [0.1, 0.15) is 66.7 Å². The Labute approximate surface area is 207 Å². The minimum absolute atomic E-state index is 0.0598. The molecule has 0 saturated heterocycles. The molecule has 0 bridgehead atoms. The number of benzene rings is 2. The molecule has 9 heteroatoms. The fourth-order valence-corrected chi connectivity index (χ4v) is 4.36. The van der Waals surface area contributed by atoms with E-state index >= 15 is 0 Å². The average Bonchev–Trinajstić information content (AvgIpc) is 3.28. The van der Waals surface area contributed by atoms with E-state index < -0.39 is 24.4 Å². The van der Waals surface area contributed by atoms with Crippen LogP contribution in [-0.4, -0.2) is 40.6 Å². The summed E-state index contributed by atoms with van der Waals surface area (Å²) in [5.74, 6) is -2.44. The minimum Gasteiger partial charge on any atom is -0.454 e. The van der Waals surface area contributed by atoms with Gasteiger partial charge < -0.3 is 14.6 Å². The lowest BCUT2D eigenvalue weighted by atomic mass is 10.1. The predicted octanol–water partition coefficient (Wildman–Crippen LogP) is 3.92. The molecular weight excluding hydrogens is 462 g/mol. The van der Waals surface area contributed by atoms with Crippen LogP contribution >= 0.6 is 0 Å². The van der Waals surface area contributed by atoms with Gasteiger partial charge in [0, 0.05) is 36.1 Å². The normalized spacial score (nSPS) is 12.5. The first-order valence-corrected chi connectivity index (χ1v) is 11.4. The zero-order valence-electron chi connectivity index (χ0n) is 20.4. The van der Waals surface area contributed by atoms with Gasteiger partial charge in [0.15, 0.2) is 6.61 Å². The molecule has 2 aromatic carbocycles. The summed E-state index contributed by atoms with van der Waals surface area (Å²) in [6, 6.07) is 12.1. The number of aryl methyl sites for hydroxylation is 1. The third-order valence-electron chi connectivity index (χ3n) is 6.09. The second kappa shape index (κ2) is 9.61. The van der Waals surface area contributed by atoms with Crippen LogP contribution in [0.2, 0.25) is 0 Å². The molecule has 1 aromatic heterocycles. The van der Waals surface area contributed by atoms with E-state index in [0.29, 0.717) is 16.9 Å². The number of imide groups is 1. The molecule has 0 unspecified atom stereocenters. The zero-order valence-corrected chi connectivity index (χ0v) is 20.4. The lowest BCUT2D eigenvalue weighted by molar-refractivity contribution is -0.114. The highest BCUT2D eigenvalue weighted by molar-refractivity contribution is 6.34. The number of fused-ring (bicyclic) bond motifs is 1. The van der Waals surface area contributed by atoms with Crippen LogP contribution in [0.4, 0.5) is 11.4 Å². The zero-order chi connectivity index (χ0) is 26.1. The fraction of sp³-hybridized carbons (Fsp3) is 0.222. The van der Waals surface area contributed by atoms with E-state index in [4.69, 9.17) is 4.74 Å². The maximum atomic E-state index is 13.0. The summed E-state index contributed by atoms with van der Waals surface area (Å²) in [6.45, 7) is 7.39. The number of Topliss-reactive ketones (excluding diaryl/α,β-unsaturated/α-hetero) is 1. The number of anilines is 2. The number of carbonyl (C=O) groups is 5. The Morgan fingerprint density at radius 2 is 1.58 bits per heavy atom. The van der Waals surface area contributed by atoms with E-state index in [9.17, 15) is 24.0 Å². The molecule has 1 aliphatic heterocycles. The SMILES string of the molecule is CCn1c(C)cc(C(=O)COC(=O)c2ccc3c(c2)C(=O)N(c2ccc(NC(C)=O)cc2)C3=O)c1C. The molecule has 0 atom stereocenters. The largest absolute Gasteiger partial charge is 0.454 e. The molecule has 0 aliphatic carbocycles. The molecule has 36 heavy (non-hydrogen) atoms. The molecule has 0 spiro atoms. The Kier molecular flexibility index (Phi) is 6.57. The van der Waals surface area contributed by atoms with Gasteiger partial charge in [0.1, 0.15) is 0 Å². The Morgan fingerprint density at radius 3 is 2.19 bits per heavy atom. The van der Waals surface area contributed by atoms with Crippen LogP contribution < -0.4 is 10.2 Å². The number of nitrogens with one attached hydrogen (secondary N) is 1. The van der Waals surface area contributed by atoms with Crippen molar-refractivity contribution in [1.29, 1.82) is 0 Å². The van der Waals surface area contributed by atoms with Crippen LogP contribution in [0.5, 0.6) is 0 Å². The quantitative estimate of drug-likeness (QED) is 0.307. The summed E-state index contributed by atoms with van der Waals surface area (Å²) in [6.07, 6.45) is 0. The molecule has 0 saturated carbocycles. The number of hydrogen-bond donors (Lipinski definition) is 1. The van der Waals surface area contributed by atoms with Crippen molar-refractivity contribution in [2.75, 3.05) is 16.8 Å². The van der Waals surface area contributed by atoms with E-state index in [0.717, 1.165) is 22.8 Å². The molecule has 2 heterocycles. The van der Waals surface area contributed by atoms with Crippen molar-refractivity contribution in [1.82, 2.24) is 4.57 Å². The Hall–Kier alpha value is -4.53. The molecule has 3 aromatic rings. The number of amides is 3. The number of ketones is 1. The molecule has 4 rings (SSSR count). The van der Waals surface area contributed by atoms with Crippen molar-refractivity contribution in [3.05, 3.63) is 82.2 Å². The number of esters is 1. The molecule has 1 aliphatic rings. The van der Waals surface area contributed by atoms with Gasteiger partial charge in [-0.2, -0.15) is 0 Å². The third-order valence-corrected chi connectivity index (χ3v) is 6.09. The van der Waals surface area contributed by atoms with Crippen molar-refractivity contribution in [3.63, 3.8) is 0 Å². The van der Waals surface area contributed by atoms with Gasteiger partial charge in [-0.1, -0.05) is 0 Å². The molecule has 9 nitrogen and oxygen atoms in total. The Morgan fingerprint density at radius 1 is 0.917 bits per heavy atom. The monoisotopic (exact) mass is 487 g/mol. The van der Waals surface area contributed by atoms with E-state index in [2.05, 4.69) is 5.32 Å². The van der Waals surface area contributed by atoms with Crippen LogP contribution in [0.3, 0.4) is 0 Å². The van der Waals surface area contributed by atoms with E-state index in [1.807, 2.05) is 25.3 Å². The summed E-state index contributed by atoms with van der Waals surface area (Å²) in [4.78, 5) is 63.4. The van der Waals surface area contributed by atoms with Crippen molar-refractivity contribution in [2.24, 2.45) is 0 Å². The molecule has 1 N–H and O–H groups in total. The minimum atomic E-state index is -0.770. The van der Waals surface area contributed by atoms with Gasteiger partial charge in [-0.15, -0.1) is 0 Å². The first kappa shape index (κ1) is 24.6. The highest BCUT2D eigenvalue weighted by Gasteiger charge is 2.37. The molecule has 0 fully saturated rings. The molecule has 184 valence electrons. The maximum Gasteiger partial charge on any atom is 0.338 e. The first-order chi connectivity index (χ1) is 17.1. The second-order valence-corrected chi connectivity index (χ2v) is 8.46. The summed E-state index contributed by atoms with van der Waals surface area (Å²) in [5, 5.41) is 2.62. The number of hydrogen-bond acceptors (Lipinski definition) is 6. The van der Waals surface area contributed by atoms with Gasteiger partial charge in [0.2, 0.25) is 11.7 Å². The lowest BCUT2D eigenvalue weighted by Gasteiger charge is -2.14. The molecular formula is C27H25N3O6. The smallest absolute Gasteiger partial charge is 0.338 e. The van der Waals surface area contributed by atoms with Gasteiger partial charge >= 0.3 is 5.97 Å². The maximum absolute atomic E-state index is 13.0. The number of rotatable bonds is 7. The average molecular weight is 488 g/mol. The highest BCUT2D eigenvalue weighted by Crippen LogP contribution is 2.30. The Bertz CT molecular complexity index is 1420. The molecule has 3 amide bonds. The number of nitrogens with zero attached hydrogens (tertiary/aromatic N) is 2. The van der Waals surface area contributed by atoms with Crippen molar-refractivity contribution in [3.8, 4) is 0 Å². The number of carbonyl (C=O) groups excluding carboxylic acids is 5. The lowest BCUT2D eigenvalue weighted by Crippen LogP contribution is -2.29. The van der Waals surface area contributed by atoms with E-state index in [1.165, 1.54) is 25.1 Å². The standard InChI is InChI=1S/C27H25N3O6/c1-5-29-15(2)12-22(16(29)3)24(32)14-36-27(35)18-6-11-21-23(13-18)26(34)30(25(21)33)20-9-7-19(8-10-20)28-17(4)31/h6-13H,5,14H2,1-4H3,(H,28,31). The summed E-state index contributed by atoms with van der Waals surface area (Å²) < 4.78 is 7.22. The van der Waals surface area contributed by atoms with Gasteiger partial charge in [-0.3, -0.25) is 19.2 Å². The topological polar surface area (TPSA) is 115 Å². The van der Waals surface area contributed by atoms with Gasteiger partial charge in [-0.05, 0) is 69.3 Å². The number of aromatic nitrogens is 1. The first-order valence-electron chi connectivity index (χ1n) is 11.4. The predicted molar refractivity (Wildman–Crippen MR) is 133 cm³/mol. The van der Waals surface area contributed by atoms with Crippen molar-refractivity contribution in [2.45, 2.75) is 34.2 Å². The van der Waals surface area contributed by atoms with E-state index in [1.54, 1.807) is 30.3 Å². The number of ether oxygens (including phenoxy) is 1. The van der Waals surface area contributed by atoms with Crippen LogP contribution in [0, 0.1) is 13.8 Å². The Balaban J connectivity index is 1.48. The highest BCUT2D eigenvalue weighted by atomic mass is 16.5. The fourth-order valence-electron chi connectivity index (χ4n) is 4.36. The summed E-state index contributed by atoms with van der Waals surface area (Å²) >= 11 is 0. The van der Waals surface area contributed by atoms with Crippen LogP contribution in [0.15, 0.2) is 48.5 Å². The van der Waals surface area contributed by atoms with Gasteiger partial charge in [0.25, 0.3) is 11.8 Å². The van der Waals surface area contributed by atoms with Crippen LogP contribution in [0.25, 0.3) is 0 Å². The third kappa shape index (κ3) is 4.43. The van der Waals surface area contributed by atoms with Crippen molar-refractivity contribution >= 4 is 40.8 Å². The second-order valence-electron chi connectivity index (χ2n) is 8.46. The van der Waals surface area contributed by atoms with Crippen LogP contribution in [-0.2, 0) is 16.1 Å². The van der Waals surface area contributed by atoms with Gasteiger partial charge in [0.05, 0.1) is 22.4 Å². The molecule has 0 radical (unpaired) electrons. The van der Waals surface area contributed by atoms with Crippen molar-refractivity contribution < 1.29 is 28.7 Å². The summed E-state index contributed by atoms with van der Waals surface area (Å²) in [7, 11) is 0. The van der Waals surface area contributed by atoms with E-state index in [-0.39, 0.29) is 28.4 Å². The van der Waals surface area contributed by atoms with Gasteiger partial charge in [-0.25, -0.2) is 9.69 Å².